The average molecular weight is 224 g/mol. The van der Waals surface area contributed by atoms with Crippen molar-refractivity contribution in [3.05, 3.63) is 59.2 Å². The van der Waals surface area contributed by atoms with Gasteiger partial charge in [-0.05, 0) is 6.92 Å². The molecule has 1 aromatic carbocycles. The van der Waals surface area contributed by atoms with Gasteiger partial charge in [0, 0.05) is 11.1 Å². The number of benzene rings is 1. The number of fused-ring (bicyclic) bond motifs is 2. The standard InChI is InChI=1S/C15H12O2/c1-9-6-7-12-13(8-9)15(17)11-5-3-2-4-10(11)14(12)16/h2-8,12-13H,1H3. The van der Waals surface area contributed by atoms with Crippen LogP contribution in [0.2, 0.25) is 0 Å². The lowest BCUT2D eigenvalue weighted by molar-refractivity contribution is 0.0801. The minimum atomic E-state index is -0.305. The van der Waals surface area contributed by atoms with Gasteiger partial charge >= 0.3 is 0 Å². The molecule has 0 bridgehead atoms. The Labute approximate surface area is 99.6 Å². The van der Waals surface area contributed by atoms with Crippen LogP contribution in [0.3, 0.4) is 0 Å². The zero-order chi connectivity index (χ0) is 12.0. The Bertz CT molecular complexity index is 578. The Morgan fingerprint density at radius 2 is 1.53 bits per heavy atom. The molecule has 1 aromatic rings. The second kappa shape index (κ2) is 3.52. The van der Waals surface area contributed by atoms with Gasteiger partial charge in [0.15, 0.2) is 11.6 Å². The molecular formula is C15H12O2. The molecule has 0 saturated carbocycles. The molecule has 0 amide bonds. The van der Waals surface area contributed by atoms with E-state index in [0.717, 1.165) is 5.57 Å². The van der Waals surface area contributed by atoms with Crippen molar-refractivity contribution >= 4 is 11.6 Å². The van der Waals surface area contributed by atoms with Gasteiger partial charge in [0.05, 0.1) is 11.8 Å². The third-order valence-corrected chi connectivity index (χ3v) is 3.46. The van der Waals surface area contributed by atoms with Crippen molar-refractivity contribution in [1.82, 2.24) is 0 Å². The molecule has 0 heterocycles. The summed E-state index contributed by atoms with van der Waals surface area (Å²) in [5, 5.41) is 0. The topological polar surface area (TPSA) is 34.1 Å². The van der Waals surface area contributed by atoms with Gasteiger partial charge in [-0.25, -0.2) is 0 Å². The fraction of sp³-hybridized carbons (Fsp3) is 0.200. The minimum Gasteiger partial charge on any atom is -0.293 e. The maximum Gasteiger partial charge on any atom is 0.171 e. The SMILES string of the molecule is CC1=CC2C(=O)c3ccccc3C(=O)C2C=C1. The smallest absolute Gasteiger partial charge is 0.171 e. The highest BCUT2D eigenvalue weighted by Crippen LogP contribution is 2.35. The van der Waals surface area contributed by atoms with Crippen LogP contribution in [-0.4, -0.2) is 11.6 Å². The van der Waals surface area contributed by atoms with Crippen molar-refractivity contribution in [3.8, 4) is 0 Å². The van der Waals surface area contributed by atoms with Crippen LogP contribution in [0.5, 0.6) is 0 Å². The summed E-state index contributed by atoms with van der Waals surface area (Å²) in [6.07, 6.45) is 5.68. The summed E-state index contributed by atoms with van der Waals surface area (Å²) in [5.41, 5.74) is 2.18. The molecule has 2 aliphatic rings. The number of rotatable bonds is 0. The third-order valence-electron chi connectivity index (χ3n) is 3.46. The number of hydrogen-bond acceptors (Lipinski definition) is 2. The number of allylic oxidation sites excluding steroid dienone is 4. The fourth-order valence-corrected chi connectivity index (χ4v) is 2.58. The highest BCUT2D eigenvalue weighted by atomic mass is 16.1. The van der Waals surface area contributed by atoms with E-state index in [0.29, 0.717) is 11.1 Å². The lowest BCUT2D eigenvalue weighted by Crippen LogP contribution is -2.35. The zero-order valence-corrected chi connectivity index (χ0v) is 9.51. The van der Waals surface area contributed by atoms with Crippen LogP contribution in [0.25, 0.3) is 0 Å². The van der Waals surface area contributed by atoms with Crippen LogP contribution in [0.4, 0.5) is 0 Å². The van der Waals surface area contributed by atoms with Gasteiger partial charge in [0.25, 0.3) is 0 Å². The molecule has 2 atom stereocenters. The maximum absolute atomic E-state index is 12.3. The van der Waals surface area contributed by atoms with Crippen molar-refractivity contribution in [2.24, 2.45) is 11.8 Å². The molecule has 0 spiro atoms. The number of carbonyl (C=O) groups excluding carboxylic acids is 2. The summed E-state index contributed by atoms with van der Waals surface area (Å²) < 4.78 is 0. The van der Waals surface area contributed by atoms with Crippen LogP contribution in [0.1, 0.15) is 27.6 Å². The molecule has 0 aromatic heterocycles. The number of carbonyl (C=O) groups is 2. The largest absolute Gasteiger partial charge is 0.293 e. The van der Waals surface area contributed by atoms with Crippen LogP contribution >= 0.6 is 0 Å². The van der Waals surface area contributed by atoms with Gasteiger partial charge in [0.2, 0.25) is 0 Å². The summed E-state index contributed by atoms with van der Waals surface area (Å²) in [7, 11) is 0. The second-order valence-corrected chi connectivity index (χ2v) is 4.60. The quantitative estimate of drug-likeness (QED) is 0.679. The summed E-state index contributed by atoms with van der Waals surface area (Å²) in [5.74, 6) is -0.484. The van der Waals surface area contributed by atoms with Gasteiger partial charge in [-0.3, -0.25) is 9.59 Å². The first-order valence-corrected chi connectivity index (χ1v) is 5.72. The number of ketones is 2. The van der Waals surface area contributed by atoms with Crippen LogP contribution < -0.4 is 0 Å². The Kier molecular flexibility index (Phi) is 2.11. The maximum atomic E-state index is 12.3. The Balaban J connectivity index is 2.19. The molecule has 0 radical (unpaired) electrons. The van der Waals surface area contributed by atoms with E-state index in [4.69, 9.17) is 0 Å². The van der Waals surface area contributed by atoms with Crippen LogP contribution in [0.15, 0.2) is 48.1 Å². The predicted octanol–water partition coefficient (Wildman–Crippen LogP) is 2.81. The highest BCUT2D eigenvalue weighted by Gasteiger charge is 2.39. The van der Waals surface area contributed by atoms with Crippen molar-refractivity contribution in [3.63, 3.8) is 0 Å². The number of hydrogen-bond donors (Lipinski definition) is 0. The van der Waals surface area contributed by atoms with Gasteiger partial charge < -0.3 is 0 Å². The molecule has 0 saturated heterocycles. The molecular weight excluding hydrogens is 212 g/mol. The van der Waals surface area contributed by atoms with Crippen LogP contribution in [-0.2, 0) is 0 Å². The molecule has 2 heteroatoms. The zero-order valence-electron chi connectivity index (χ0n) is 9.51. The first-order chi connectivity index (χ1) is 8.18. The second-order valence-electron chi connectivity index (χ2n) is 4.60. The van der Waals surface area contributed by atoms with Gasteiger partial charge in [-0.2, -0.15) is 0 Å². The van der Waals surface area contributed by atoms with E-state index in [2.05, 4.69) is 0 Å². The molecule has 84 valence electrons. The highest BCUT2D eigenvalue weighted by molar-refractivity contribution is 6.17. The lowest BCUT2D eigenvalue weighted by Gasteiger charge is -2.29. The predicted molar refractivity (Wildman–Crippen MR) is 65.0 cm³/mol. The van der Waals surface area contributed by atoms with Crippen molar-refractivity contribution in [2.45, 2.75) is 6.92 Å². The van der Waals surface area contributed by atoms with E-state index in [1.54, 1.807) is 24.3 Å². The summed E-state index contributed by atoms with van der Waals surface area (Å²) in [6.45, 7) is 1.95. The average Bonchev–Trinajstić information content (AvgIpc) is 2.36. The normalized spacial score (nSPS) is 26.3. The molecule has 2 nitrogen and oxygen atoms in total. The molecule has 17 heavy (non-hydrogen) atoms. The molecule has 0 fully saturated rings. The van der Waals surface area contributed by atoms with Gasteiger partial charge in [-0.15, -0.1) is 0 Å². The van der Waals surface area contributed by atoms with E-state index < -0.39 is 0 Å². The third kappa shape index (κ3) is 1.41. The van der Waals surface area contributed by atoms with E-state index >= 15 is 0 Å². The molecule has 3 rings (SSSR count). The van der Waals surface area contributed by atoms with Crippen molar-refractivity contribution < 1.29 is 9.59 Å². The molecule has 0 aliphatic heterocycles. The van der Waals surface area contributed by atoms with Gasteiger partial charge in [0.1, 0.15) is 0 Å². The van der Waals surface area contributed by atoms with Crippen LogP contribution in [0, 0.1) is 11.8 Å². The molecule has 2 aliphatic carbocycles. The summed E-state index contributed by atoms with van der Waals surface area (Å²) >= 11 is 0. The Morgan fingerprint density at radius 3 is 2.18 bits per heavy atom. The summed E-state index contributed by atoms with van der Waals surface area (Å²) in [4.78, 5) is 24.6. The fourth-order valence-electron chi connectivity index (χ4n) is 2.58. The molecule has 2 unspecified atom stereocenters. The van der Waals surface area contributed by atoms with E-state index in [1.807, 2.05) is 25.2 Å². The van der Waals surface area contributed by atoms with E-state index in [9.17, 15) is 9.59 Å². The lowest BCUT2D eigenvalue weighted by atomic mass is 9.71. The molecule has 0 N–H and O–H groups in total. The number of Topliss-reactive ketones (excluding diaryl/α,β-unsaturated/α-hetero) is 2. The first-order valence-electron chi connectivity index (χ1n) is 5.72. The Hall–Kier alpha value is -1.96. The minimum absolute atomic E-state index is 0.0604. The summed E-state index contributed by atoms with van der Waals surface area (Å²) in [6, 6.07) is 7.09. The van der Waals surface area contributed by atoms with E-state index in [-0.39, 0.29) is 23.4 Å². The first kappa shape index (κ1) is 10.2. The van der Waals surface area contributed by atoms with Gasteiger partial charge in [-0.1, -0.05) is 48.1 Å². The Morgan fingerprint density at radius 1 is 0.941 bits per heavy atom. The monoisotopic (exact) mass is 224 g/mol. The van der Waals surface area contributed by atoms with Crippen molar-refractivity contribution in [1.29, 1.82) is 0 Å². The van der Waals surface area contributed by atoms with Crippen molar-refractivity contribution in [2.75, 3.05) is 0 Å². The van der Waals surface area contributed by atoms with E-state index in [1.165, 1.54) is 0 Å².